The molecule has 0 saturated heterocycles. The summed E-state index contributed by atoms with van der Waals surface area (Å²) in [4.78, 5) is 13.0. The topological polar surface area (TPSA) is 37.3 Å². The average Bonchev–Trinajstić information content (AvgIpc) is 2.73. The summed E-state index contributed by atoms with van der Waals surface area (Å²) in [5.74, 6) is 5.23. The van der Waals surface area contributed by atoms with Gasteiger partial charge in [0, 0.05) is 11.3 Å². The zero-order valence-corrected chi connectivity index (χ0v) is 16.1. The van der Waals surface area contributed by atoms with Crippen LogP contribution in [-0.4, -0.2) is 16.5 Å². The smallest absolute Gasteiger partial charge is 0.142 e. The third-order valence-corrected chi connectivity index (χ3v) is 9.04. The number of Topliss-reactive ketones (excluding diaryl/α,β-unsaturated/α-hetero) is 1. The maximum atomic E-state index is 13.0. The minimum absolute atomic E-state index is 0.0335. The zero-order valence-electron chi connectivity index (χ0n) is 16.1. The summed E-state index contributed by atoms with van der Waals surface area (Å²) in [6, 6.07) is 0. The van der Waals surface area contributed by atoms with Crippen molar-refractivity contribution >= 4 is 5.78 Å². The molecule has 1 unspecified atom stereocenters. The molecule has 4 fully saturated rings. The van der Waals surface area contributed by atoms with Crippen LogP contribution in [0.2, 0.25) is 0 Å². The molecule has 0 bridgehead atoms. The molecule has 136 valence electrons. The number of ketones is 1. The van der Waals surface area contributed by atoms with E-state index in [-0.39, 0.29) is 11.3 Å². The Hall–Kier alpha value is -0.370. The molecule has 0 amide bonds. The van der Waals surface area contributed by atoms with Gasteiger partial charge in [-0.05, 0) is 87.4 Å². The van der Waals surface area contributed by atoms with Gasteiger partial charge in [-0.15, -0.1) is 0 Å². The largest absolute Gasteiger partial charge is 0.390 e. The van der Waals surface area contributed by atoms with E-state index >= 15 is 0 Å². The van der Waals surface area contributed by atoms with Crippen LogP contribution in [0.3, 0.4) is 0 Å². The molecule has 0 aromatic heterocycles. The van der Waals surface area contributed by atoms with Crippen LogP contribution in [-0.2, 0) is 4.79 Å². The van der Waals surface area contributed by atoms with Crippen molar-refractivity contribution in [3.05, 3.63) is 0 Å². The average molecular weight is 333 g/mol. The fourth-order valence-electron chi connectivity index (χ4n) is 8.04. The van der Waals surface area contributed by atoms with Crippen molar-refractivity contribution in [2.75, 3.05) is 0 Å². The van der Waals surface area contributed by atoms with Crippen molar-refractivity contribution in [2.45, 2.75) is 84.7 Å². The van der Waals surface area contributed by atoms with Crippen LogP contribution in [0.5, 0.6) is 0 Å². The Balaban J connectivity index is 1.62. The molecule has 4 rings (SSSR count). The first-order valence-corrected chi connectivity index (χ1v) is 10.5. The van der Waals surface area contributed by atoms with Crippen LogP contribution in [0.15, 0.2) is 0 Å². The predicted molar refractivity (Wildman–Crippen MR) is 96.5 cm³/mol. The Bertz CT molecular complexity index is 524. The van der Waals surface area contributed by atoms with Crippen molar-refractivity contribution in [1.82, 2.24) is 0 Å². The van der Waals surface area contributed by atoms with Crippen molar-refractivity contribution in [3.8, 4) is 0 Å². The molecule has 0 spiro atoms. The molecule has 4 aliphatic rings. The molecular weight excluding hydrogens is 296 g/mol. The summed E-state index contributed by atoms with van der Waals surface area (Å²) in [7, 11) is 0. The highest BCUT2D eigenvalue weighted by Gasteiger charge is 2.62. The van der Waals surface area contributed by atoms with Gasteiger partial charge in [-0.1, -0.05) is 27.2 Å². The standard InChI is InChI=1S/C22H36O2/c1-5-15-13(2)20(23)22(4)11-9-17-16-8-10-21(3,24)12-14(16)6-7-18(17)19(15)22/h13-19,24H,5-12H2,1-4H3/t13?,14-,15-,16+,17-,18-,19+,21-,22+/m1/s1. The second-order valence-corrected chi connectivity index (χ2v) is 10.3. The number of carbonyl (C=O) groups excluding carboxylic acids is 1. The third-order valence-electron chi connectivity index (χ3n) is 9.04. The van der Waals surface area contributed by atoms with Crippen molar-refractivity contribution in [3.63, 3.8) is 0 Å². The minimum atomic E-state index is -0.430. The fraction of sp³-hybridized carbons (Fsp3) is 0.955. The number of hydrogen-bond donors (Lipinski definition) is 1. The van der Waals surface area contributed by atoms with Gasteiger partial charge in [0.1, 0.15) is 5.78 Å². The van der Waals surface area contributed by atoms with E-state index in [2.05, 4.69) is 20.8 Å². The van der Waals surface area contributed by atoms with Crippen molar-refractivity contribution in [1.29, 1.82) is 0 Å². The molecule has 4 aliphatic carbocycles. The van der Waals surface area contributed by atoms with Crippen LogP contribution in [0.4, 0.5) is 0 Å². The molecular formula is C22H36O2. The lowest BCUT2D eigenvalue weighted by molar-refractivity contribution is -0.137. The molecule has 2 nitrogen and oxygen atoms in total. The van der Waals surface area contributed by atoms with Gasteiger partial charge in [0.05, 0.1) is 5.60 Å². The first-order valence-electron chi connectivity index (χ1n) is 10.5. The van der Waals surface area contributed by atoms with E-state index in [0.717, 1.165) is 42.9 Å². The lowest BCUT2D eigenvalue weighted by Crippen LogP contribution is -2.51. The van der Waals surface area contributed by atoms with Crippen molar-refractivity contribution in [2.24, 2.45) is 46.8 Å². The molecule has 1 N–H and O–H groups in total. The van der Waals surface area contributed by atoms with E-state index in [0.29, 0.717) is 17.6 Å². The quantitative estimate of drug-likeness (QED) is 0.746. The van der Waals surface area contributed by atoms with Gasteiger partial charge in [-0.3, -0.25) is 4.79 Å². The Morgan fingerprint density at radius 1 is 1.04 bits per heavy atom. The van der Waals surface area contributed by atoms with Gasteiger partial charge >= 0.3 is 0 Å². The second-order valence-electron chi connectivity index (χ2n) is 10.3. The summed E-state index contributed by atoms with van der Waals surface area (Å²) in [6.45, 7) is 8.85. The highest BCUT2D eigenvalue weighted by Crippen LogP contribution is 2.64. The van der Waals surface area contributed by atoms with E-state index in [9.17, 15) is 9.90 Å². The highest BCUT2D eigenvalue weighted by molar-refractivity contribution is 5.89. The van der Waals surface area contributed by atoms with Crippen LogP contribution >= 0.6 is 0 Å². The predicted octanol–water partition coefficient (Wildman–Crippen LogP) is 4.84. The molecule has 0 aromatic rings. The van der Waals surface area contributed by atoms with Crippen molar-refractivity contribution < 1.29 is 9.90 Å². The van der Waals surface area contributed by atoms with Gasteiger partial charge in [0.2, 0.25) is 0 Å². The first kappa shape index (κ1) is 17.1. The third kappa shape index (κ3) is 2.27. The van der Waals surface area contributed by atoms with Gasteiger partial charge in [0.15, 0.2) is 0 Å². The highest BCUT2D eigenvalue weighted by atomic mass is 16.3. The van der Waals surface area contributed by atoms with E-state index in [1.165, 1.54) is 32.1 Å². The summed E-state index contributed by atoms with van der Waals surface area (Å²) in [5, 5.41) is 10.5. The Labute approximate surface area is 147 Å². The molecule has 0 aliphatic heterocycles. The molecule has 0 radical (unpaired) electrons. The Morgan fingerprint density at radius 3 is 2.46 bits per heavy atom. The Kier molecular flexibility index (Phi) is 3.95. The normalized spacial score (nSPS) is 57.2. The second kappa shape index (κ2) is 5.56. The number of hydrogen-bond acceptors (Lipinski definition) is 2. The maximum absolute atomic E-state index is 13.0. The summed E-state index contributed by atoms with van der Waals surface area (Å²) >= 11 is 0. The fourth-order valence-corrected chi connectivity index (χ4v) is 8.04. The van der Waals surface area contributed by atoms with Gasteiger partial charge in [-0.25, -0.2) is 0 Å². The molecule has 0 heterocycles. The monoisotopic (exact) mass is 332 g/mol. The lowest BCUT2D eigenvalue weighted by atomic mass is 9.49. The van der Waals surface area contributed by atoms with E-state index in [4.69, 9.17) is 0 Å². The summed E-state index contributed by atoms with van der Waals surface area (Å²) in [5.41, 5.74) is -0.463. The molecule has 9 atom stereocenters. The Morgan fingerprint density at radius 2 is 1.75 bits per heavy atom. The number of carbonyl (C=O) groups is 1. The summed E-state index contributed by atoms with van der Waals surface area (Å²) < 4.78 is 0. The van der Waals surface area contributed by atoms with Gasteiger partial charge in [0.25, 0.3) is 0 Å². The van der Waals surface area contributed by atoms with Gasteiger partial charge in [-0.2, -0.15) is 0 Å². The molecule has 4 saturated carbocycles. The molecule has 0 aromatic carbocycles. The van der Waals surface area contributed by atoms with Crippen LogP contribution in [0.1, 0.15) is 79.1 Å². The number of rotatable bonds is 1. The van der Waals surface area contributed by atoms with Gasteiger partial charge < -0.3 is 5.11 Å². The SMILES string of the molecule is CC[C@@H]1C(C)C(=O)[C@@]2(C)CC[C@H]3[C@@H](CC[C@@H]4C[C@](C)(O)CC[C@@H]43)[C@H]12. The minimum Gasteiger partial charge on any atom is -0.390 e. The number of fused-ring (bicyclic) bond motifs is 5. The van der Waals surface area contributed by atoms with E-state index in [1.807, 2.05) is 6.92 Å². The number of aliphatic hydroxyl groups is 1. The van der Waals surface area contributed by atoms with E-state index < -0.39 is 5.60 Å². The maximum Gasteiger partial charge on any atom is 0.142 e. The van der Waals surface area contributed by atoms with Crippen LogP contribution in [0.25, 0.3) is 0 Å². The lowest BCUT2D eigenvalue weighted by Gasteiger charge is -2.56. The molecule has 2 heteroatoms. The summed E-state index contributed by atoms with van der Waals surface area (Å²) in [6.07, 6.45) is 9.34. The first-order chi connectivity index (χ1) is 11.3. The molecule has 24 heavy (non-hydrogen) atoms. The van der Waals surface area contributed by atoms with E-state index in [1.54, 1.807) is 0 Å². The zero-order chi connectivity index (χ0) is 17.3. The van der Waals surface area contributed by atoms with Crippen LogP contribution < -0.4 is 0 Å². The van der Waals surface area contributed by atoms with Crippen LogP contribution in [0, 0.1) is 46.8 Å².